The maximum absolute atomic E-state index is 13.5. The molecule has 19 heavy (non-hydrogen) atoms. The normalized spacial score (nSPS) is 10.4. The summed E-state index contributed by atoms with van der Waals surface area (Å²) in [4.78, 5) is 7.15. The van der Waals surface area contributed by atoms with E-state index in [1.54, 1.807) is 0 Å². The van der Waals surface area contributed by atoms with Crippen LogP contribution in [0.4, 0.5) is 30.6 Å². The van der Waals surface area contributed by atoms with E-state index in [9.17, 15) is 13.2 Å². The number of nitrogens with two attached hydrogens (primary N) is 1. The van der Waals surface area contributed by atoms with Gasteiger partial charge in [0, 0.05) is 6.07 Å². The maximum Gasteiger partial charge on any atom is 0.239 e. The second kappa shape index (κ2) is 5.29. The molecule has 0 aliphatic carbocycles. The minimum Gasteiger partial charge on any atom is -0.334 e. The van der Waals surface area contributed by atoms with E-state index in [1.165, 1.54) is 0 Å². The van der Waals surface area contributed by atoms with Crippen molar-refractivity contribution in [3.8, 4) is 0 Å². The number of benzene rings is 1. The van der Waals surface area contributed by atoms with E-state index < -0.39 is 17.5 Å². The first-order valence-corrected chi connectivity index (χ1v) is 5.29. The van der Waals surface area contributed by atoms with Gasteiger partial charge in [-0.25, -0.2) is 24.0 Å². The van der Waals surface area contributed by atoms with Crippen LogP contribution in [0.2, 0.25) is 5.02 Å². The molecule has 0 spiro atoms. The van der Waals surface area contributed by atoms with Crippen molar-refractivity contribution in [1.82, 2.24) is 9.97 Å². The van der Waals surface area contributed by atoms with Gasteiger partial charge in [-0.3, -0.25) is 5.43 Å². The van der Waals surface area contributed by atoms with Gasteiger partial charge in [-0.05, 0) is 6.07 Å². The molecule has 0 aliphatic heterocycles. The second-order valence-electron chi connectivity index (χ2n) is 3.40. The number of aromatic nitrogens is 2. The first kappa shape index (κ1) is 13.4. The predicted octanol–water partition coefficient (Wildman–Crippen LogP) is 2.58. The Labute approximate surface area is 110 Å². The van der Waals surface area contributed by atoms with E-state index in [-0.39, 0.29) is 22.5 Å². The Kier molecular flexibility index (Phi) is 3.72. The minimum atomic E-state index is -0.981. The van der Waals surface area contributed by atoms with E-state index in [1.807, 2.05) is 0 Å². The highest BCUT2D eigenvalue weighted by molar-refractivity contribution is 6.33. The molecule has 0 saturated heterocycles. The van der Waals surface area contributed by atoms with Crippen molar-refractivity contribution in [3.63, 3.8) is 0 Å². The molecule has 1 heterocycles. The van der Waals surface area contributed by atoms with Crippen LogP contribution in [0.25, 0.3) is 0 Å². The number of halogens is 4. The summed E-state index contributed by atoms with van der Waals surface area (Å²) in [7, 11) is 0. The fourth-order valence-corrected chi connectivity index (χ4v) is 1.55. The first-order chi connectivity index (χ1) is 9.01. The number of hydrogen-bond acceptors (Lipinski definition) is 5. The second-order valence-corrected chi connectivity index (χ2v) is 3.81. The Balaban J connectivity index is 2.41. The third kappa shape index (κ3) is 2.85. The molecule has 0 atom stereocenters. The summed E-state index contributed by atoms with van der Waals surface area (Å²) in [5.41, 5.74) is 1.80. The molecular formula is C10H7ClF3N5. The van der Waals surface area contributed by atoms with Crippen molar-refractivity contribution >= 4 is 29.1 Å². The van der Waals surface area contributed by atoms with E-state index in [2.05, 4.69) is 20.7 Å². The zero-order valence-electron chi connectivity index (χ0n) is 9.22. The molecule has 9 heteroatoms. The zero-order chi connectivity index (χ0) is 14.0. The van der Waals surface area contributed by atoms with Crippen LogP contribution in [0.5, 0.6) is 0 Å². The van der Waals surface area contributed by atoms with Crippen molar-refractivity contribution < 1.29 is 13.2 Å². The lowest BCUT2D eigenvalue weighted by Gasteiger charge is -2.10. The van der Waals surface area contributed by atoms with Crippen molar-refractivity contribution in [2.45, 2.75) is 0 Å². The van der Waals surface area contributed by atoms with Crippen molar-refractivity contribution in [2.24, 2.45) is 5.84 Å². The van der Waals surface area contributed by atoms with Crippen LogP contribution in [0.15, 0.2) is 18.3 Å². The van der Waals surface area contributed by atoms with Crippen molar-refractivity contribution in [3.05, 3.63) is 40.8 Å². The van der Waals surface area contributed by atoms with Crippen LogP contribution in [-0.4, -0.2) is 9.97 Å². The standard InChI is InChI=1S/C10H7ClF3N5/c11-5-1-4(12)2-6(13)8(5)17-9-7(14)3-16-10(18-9)19-15/h1-3H,15H2,(H2,16,17,18,19). The number of hydrogen-bond donors (Lipinski definition) is 3. The number of nitrogen functional groups attached to an aromatic ring is 1. The third-order valence-corrected chi connectivity index (χ3v) is 2.42. The zero-order valence-corrected chi connectivity index (χ0v) is 9.97. The van der Waals surface area contributed by atoms with E-state index in [0.717, 1.165) is 12.3 Å². The van der Waals surface area contributed by atoms with Gasteiger partial charge < -0.3 is 5.32 Å². The van der Waals surface area contributed by atoms with Gasteiger partial charge in [0.1, 0.15) is 5.82 Å². The van der Waals surface area contributed by atoms with Gasteiger partial charge in [0.15, 0.2) is 17.5 Å². The summed E-state index contributed by atoms with van der Waals surface area (Å²) in [6.07, 6.45) is 0.833. The molecule has 0 amide bonds. The van der Waals surface area contributed by atoms with Crippen LogP contribution in [0.3, 0.4) is 0 Å². The highest BCUT2D eigenvalue weighted by atomic mass is 35.5. The summed E-state index contributed by atoms with van der Waals surface area (Å²) in [6.45, 7) is 0. The van der Waals surface area contributed by atoms with E-state index >= 15 is 0 Å². The first-order valence-electron chi connectivity index (χ1n) is 4.92. The van der Waals surface area contributed by atoms with Gasteiger partial charge in [-0.15, -0.1) is 0 Å². The molecule has 1 aromatic heterocycles. The van der Waals surface area contributed by atoms with Crippen LogP contribution in [0, 0.1) is 17.5 Å². The van der Waals surface area contributed by atoms with Gasteiger partial charge in [-0.2, -0.15) is 4.98 Å². The largest absolute Gasteiger partial charge is 0.334 e. The fraction of sp³-hybridized carbons (Fsp3) is 0. The lowest BCUT2D eigenvalue weighted by molar-refractivity contribution is 0.585. The van der Waals surface area contributed by atoms with E-state index in [4.69, 9.17) is 17.4 Å². The molecule has 0 unspecified atom stereocenters. The maximum atomic E-state index is 13.5. The molecule has 2 aromatic rings. The monoisotopic (exact) mass is 289 g/mol. The Morgan fingerprint density at radius 2 is 1.89 bits per heavy atom. The topological polar surface area (TPSA) is 75.9 Å². The van der Waals surface area contributed by atoms with Gasteiger partial charge in [0.2, 0.25) is 5.95 Å². The fourth-order valence-electron chi connectivity index (χ4n) is 1.30. The Morgan fingerprint density at radius 1 is 1.16 bits per heavy atom. The molecule has 1 aromatic carbocycles. The highest BCUT2D eigenvalue weighted by Crippen LogP contribution is 2.29. The minimum absolute atomic E-state index is 0.0810. The summed E-state index contributed by atoms with van der Waals surface area (Å²) in [5.74, 6) is 1.96. The Bertz CT molecular complexity index is 599. The summed E-state index contributed by atoms with van der Waals surface area (Å²) in [5, 5.41) is 2.06. The van der Waals surface area contributed by atoms with Gasteiger partial charge >= 0.3 is 0 Å². The molecule has 0 aliphatic rings. The average Bonchev–Trinajstić information content (AvgIpc) is 2.35. The molecular weight excluding hydrogens is 283 g/mol. The lowest BCUT2D eigenvalue weighted by Crippen LogP contribution is -2.12. The molecule has 4 N–H and O–H groups in total. The van der Waals surface area contributed by atoms with E-state index in [0.29, 0.717) is 6.07 Å². The Morgan fingerprint density at radius 3 is 2.53 bits per heavy atom. The Hall–Kier alpha value is -2.06. The predicted molar refractivity (Wildman–Crippen MR) is 64.5 cm³/mol. The quantitative estimate of drug-likeness (QED) is 0.598. The number of rotatable bonds is 3. The van der Waals surface area contributed by atoms with Gasteiger partial charge in [0.05, 0.1) is 16.9 Å². The number of anilines is 3. The summed E-state index contributed by atoms with van der Waals surface area (Å²) >= 11 is 5.66. The molecule has 0 radical (unpaired) electrons. The number of nitrogens with one attached hydrogen (secondary N) is 2. The molecule has 0 bridgehead atoms. The van der Waals surface area contributed by atoms with Crippen molar-refractivity contribution in [2.75, 3.05) is 10.7 Å². The molecule has 0 saturated carbocycles. The molecule has 5 nitrogen and oxygen atoms in total. The van der Waals surface area contributed by atoms with Crippen molar-refractivity contribution in [1.29, 1.82) is 0 Å². The van der Waals surface area contributed by atoms with Crippen LogP contribution >= 0.6 is 11.6 Å². The lowest BCUT2D eigenvalue weighted by atomic mass is 10.3. The SMILES string of the molecule is NNc1ncc(F)c(Nc2c(F)cc(F)cc2Cl)n1. The number of nitrogens with zero attached hydrogens (tertiary/aromatic N) is 2. The molecule has 2 rings (SSSR count). The third-order valence-electron chi connectivity index (χ3n) is 2.12. The number of hydrazine groups is 1. The average molecular weight is 290 g/mol. The van der Waals surface area contributed by atoms with Gasteiger partial charge in [-0.1, -0.05) is 11.6 Å². The van der Waals surface area contributed by atoms with Crippen LogP contribution < -0.4 is 16.6 Å². The van der Waals surface area contributed by atoms with Crippen LogP contribution in [0.1, 0.15) is 0 Å². The summed E-state index contributed by atoms with van der Waals surface area (Å²) < 4.78 is 39.8. The highest BCUT2D eigenvalue weighted by Gasteiger charge is 2.14. The summed E-state index contributed by atoms with van der Waals surface area (Å²) in [6, 6.07) is 1.49. The molecule has 0 fully saturated rings. The smallest absolute Gasteiger partial charge is 0.239 e. The van der Waals surface area contributed by atoms with Gasteiger partial charge in [0.25, 0.3) is 0 Å². The van der Waals surface area contributed by atoms with Crippen LogP contribution in [-0.2, 0) is 0 Å². The molecule has 100 valence electrons.